The molecule has 6 nitrogen and oxygen atoms in total. The Balaban J connectivity index is 1.98. The van der Waals surface area contributed by atoms with Crippen molar-refractivity contribution in [3.63, 3.8) is 0 Å². The van der Waals surface area contributed by atoms with Gasteiger partial charge in [0.2, 0.25) is 0 Å². The van der Waals surface area contributed by atoms with Gasteiger partial charge >= 0.3 is 11.9 Å². The molecule has 0 aromatic heterocycles. The first-order chi connectivity index (χ1) is 11.6. The number of hydrogen-bond acceptors (Lipinski definition) is 6. The lowest BCUT2D eigenvalue weighted by atomic mass is 9.81. The van der Waals surface area contributed by atoms with Crippen LogP contribution >= 0.6 is 0 Å². The zero-order valence-corrected chi connectivity index (χ0v) is 14.8. The first kappa shape index (κ1) is 17.9. The van der Waals surface area contributed by atoms with Crippen LogP contribution in [-0.2, 0) is 23.8 Å². The maximum absolute atomic E-state index is 12.1. The van der Waals surface area contributed by atoms with E-state index in [1.807, 2.05) is 13.8 Å². The molecule has 2 bridgehead atoms. The van der Waals surface area contributed by atoms with Crippen LogP contribution in [0.3, 0.4) is 0 Å². The smallest absolute Gasteiger partial charge is 0.334 e. The van der Waals surface area contributed by atoms with E-state index in [2.05, 4.69) is 13.2 Å². The Morgan fingerprint density at radius 3 is 2.76 bits per heavy atom. The zero-order valence-electron chi connectivity index (χ0n) is 14.8. The summed E-state index contributed by atoms with van der Waals surface area (Å²) in [5, 5.41) is 10.8. The van der Waals surface area contributed by atoms with Gasteiger partial charge in [-0.1, -0.05) is 20.1 Å². The van der Waals surface area contributed by atoms with Crippen LogP contribution in [0.4, 0.5) is 0 Å². The lowest BCUT2D eigenvalue weighted by molar-refractivity contribution is -0.208. The number of aliphatic hydroxyl groups is 1. The van der Waals surface area contributed by atoms with Crippen molar-refractivity contribution in [3.8, 4) is 0 Å². The van der Waals surface area contributed by atoms with Crippen LogP contribution in [0.2, 0.25) is 0 Å². The van der Waals surface area contributed by atoms with Crippen molar-refractivity contribution in [2.75, 3.05) is 0 Å². The monoisotopic (exact) mass is 348 g/mol. The molecule has 2 fully saturated rings. The molecule has 3 aliphatic rings. The molecule has 0 radical (unpaired) electrons. The van der Waals surface area contributed by atoms with Crippen LogP contribution in [0.1, 0.15) is 33.6 Å². The minimum atomic E-state index is -1.42. The number of rotatable bonds is 2. The molecule has 2 saturated heterocycles. The van der Waals surface area contributed by atoms with E-state index in [1.54, 1.807) is 13.0 Å². The van der Waals surface area contributed by atoms with Gasteiger partial charge in [-0.15, -0.1) is 0 Å². The standard InChI is InChI=1S/C19H24O6/c1-9(2)17(20)23-14-6-11(4)19(22)8-10(3)13(25-19)7-15-16(14)12(5)18(21)24-15/h8,11,13-16,22H,1,5-7H2,2-4H3/t11-,13-,14+,15-,16-,19-/m1/s1. The van der Waals surface area contributed by atoms with Gasteiger partial charge in [-0.3, -0.25) is 0 Å². The summed E-state index contributed by atoms with van der Waals surface area (Å²) in [6.45, 7) is 12.7. The van der Waals surface area contributed by atoms with Crippen molar-refractivity contribution in [1.82, 2.24) is 0 Å². The van der Waals surface area contributed by atoms with Crippen molar-refractivity contribution in [2.24, 2.45) is 11.8 Å². The highest BCUT2D eigenvalue weighted by molar-refractivity contribution is 5.91. The van der Waals surface area contributed by atoms with Gasteiger partial charge in [0.1, 0.15) is 12.2 Å². The summed E-state index contributed by atoms with van der Waals surface area (Å²) in [7, 11) is 0. The summed E-state index contributed by atoms with van der Waals surface area (Å²) in [4.78, 5) is 24.2. The average Bonchev–Trinajstić information content (AvgIpc) is 2.96. The van der Waals surface area contributed by atoms with E-state index in [0.29, 0.717) is 18.4 Å². The zero-order chi connectivity index (χ0) is 18.5. The van der Waals surface area contributed by atoms with Crippen molar-refractivity contribution in [2.45, 2.75) is 57.7 Å². The van der Waals surface area contributed by atoms with Crippen molar-refractivity contribution in [3.05, 3.63) is 36.0 Å². The number of carbonyl (C=O) groups is 2. The van der Waals surface area contributed by atoms with Crippen LogP contribution < -0.4 is 0 Å². The second-order valence-electron chi connectivity index (χ2n) is 7.34. The summed E-state index contributed by atoms with van der Waals surface area (Å²) in [5.41, 5.74) is 1.47. The van der Waals surface area contributed by atoms with E-state index in [9.17, 15) is 14.7 Å². The second kappa shape index (κ2) is 6.11. The summed E-state index contributed by atoms with van der Waals surface area (Å²) < 4.78 is 16.9. The fourth-order valence-corrected chi connectivity index (χ4v) is 3.81. The molecule has 0 aromatic rings. The Labute approximate surface area is 147 Å². The Hall–Kier alpha value is -1.92. The lowest BCUT2D eigenvalue weighted by Gasteiger charge is -2.32. The Morgan fingerprint density at radius 1 is 1.44 bits per heavy atom. The van der Waals surface area contributed by atoms with Crippen molar-refractivity contribution >= 4 is 11.9 Å². The first-order valence-electron chi connectivity index (χ1n) is 8.48. The van der Waals surface area contributed by atoms with Crippen molar-refractivity contribution in [1.29, 1.82) is 0 Å². The lowest BCUT2D eigenvalue weighted by Crippen LogP contribution is -2.40. The molecule has 3 aliphatic heterocycles. The summed E-state index contributed by atoms with van der Waals surface area (Å²) in [6.07, 6.45) is 0.879. The predicted molar refractivity (Wildman–Crippen MR) is 89.2 cm³/mol. The van der Waals surface area contributed by atoms with E-state index >= 15 is 0 Å². The largest absolute Gasteiger partial charge is 0.458 e. The third-order valence-electron chi connectivity index (χ3n) is 5.34. The molecule has 25 heavy (non-hydrogen) atoms. The minimum Gasteiger partial charge on any atom is -0.458 e. The van der Waals surface area contributed by atoms with Gasteiger partial charge in [0.05, 0.1) is 12.0 Å². The Kier molecular flexibility index (Phi) is 4.37. The van der Waals surface area contributed by atoms with Gasteiger partial charge in [-0.25, -0.2) is 9.59 Å². The van der Waals surface area contributed by atoms with Crippen LogP contribution in [0, 0.1) is 11.8 Å². The third kappa shape index (κ3) is 3.04. The molecule has 0 unspecified atom stereocenters. The van der Waals surface area contributed by atoms with Gasteiger partial charge in [-0.05, 0) is 31.9 Å². The molecule has 1 N–H and O–H groups in total. The van der Waals surface area contributed by atoms with Crippen molar-refractivity contribution < 1.29 is 28.9 Å². The molecule has 0 amide bonds. The number of fused-ring (bicyclic) bond motifs is 3. The SMILES string of the molecule is C=C(C)C(=O)O[C@H]1C[C@@H](C)[C@@]2(O)C=C(C)[C@@H](C[C@H]3OC(=O)C(=C)[C@H]13)O2. The highest BCUT2D eigenvalue weighted by Gasteiger charge is 2.52. The number of ether oxygens (including phenoxy) is 3. The van der Waals surface area contributed by atoms with Crippen LogP contribution in [0.25, 0.3) is 0 Å². The number of carbonyl (C=O) groups excluding carboxylic acids is 2. The fourth-order valence-electron chi connectivity index (χ4n) is 3.81. The number of esters is 2. The van der Waals surface area contributed by atoms with Crippen LogP contribution in [-0.4, -0.2) is 41.1 Å². The van der Waals surface area contributed by atoms with Gasteiger partial charge in [0.25, 0.3) is 0 Å². The quantitative estimate of drug-likeness (QED) is 0.467. The molecular formula is C19H24O6. The van der Waals surface area contributed by atoms with Gasteiger partial charge < -0.3 is 19.3 Å². The Bertz CT molecular complexity index is 677. The molecule has 3 rings (SSSR count). The summed E-state index contributed by atoms with van der Waals surface area (Å²) in [6, 6.07) is 0. The van der Waals surface area contributed by atoms with Gasteiger partial charge in [0.15, 0.2) is 5.79 Å². The maximum Gasteiger partial charge on any atom is 0.334 e. The average molecular weight is 348 g/mol. The second-order valence-corrected chi connectivity index (χ2v) is 7.34. The van der Waals surface area contributed by atoms with Crippen LogP contribution in [0.5, 0.6) is 0 Å². The maximum atomic E-state index is 12.1. The van der Waals surface area contributed by atoms with Gasteiger partial charge in [0, 0.05) is 23.5 Å². The summed E-state index contributed by atoms with van der Waals surface area (Å²) >= 11 is 0. The normalized spacial score (nSPS) is 40.3. The molecule has 6 heteroatoms. The molecular weight excluding hydrogens is 324 g/mol. The van der Waals surface area contributed by atoms with E-state index < -0.39 is 35.9 Å². The van der Waals surface area contributed by atoms with E-state index in [-0.39, 0.29) is 17.6 Å². The van der Waals surface area contributed by atoms with E-state index in [4.69, 9.17) is 14.2 Å². The van der Waals surface area contributed by atoms with Gasteiger partial charge in [-0.2, -0.15) is 0 Å². The molecule has 3 heterocycles. The fraction of sp³-hybridized carbons (Fsp3) is 0.579. The first-order valence-corrected chi connectivity index (χ1v) is 8.48. The van der Waals surface area contributed by atoms with E-state index in [1.165, 1.54) is 0 Å². The Morgan fingerprint density at radius 2 is 2.12 bits per heavy atom. The molecule has 136 valence electrons. The van der Waals surface area contributed by atoms with Crippen LogP contribution in [0.15, 0.2) is 36.0 Å². The topological polar surface area (TPSA) is 82.1 Å². The molecule has 0 aliphatic carbocycles. The highest BCUT2D eigenvalue weighted by atomic mass is 16.6. The molecule has 0 aromatic carbocycles. The molecule has 0 spiro atoms. The summed E-state index contributed by atoms with van der Waals surface area (Å²) in [5.74, 6) is -3.25. The molecule has 0 saturated carbocycles. The predicted octanol–water partition coefficient (Wildman–Crippen LogP) is 2.04. The highest BCUT2D eigenvalue weighted by Crippen LogP contribution is 2.44. The number of hydrogen-bond donors (Lipinski definition) is 1. The minimum absolute atomic E-state index is 0.271. The third-order valence-corrected chi connectivity index (χ3v) is 5.34. The van der Waals surface area contributed by atoms with E-state index in [0.717, 1.165) is 5.57 Å². The molecule has 6 atom stereocenters.